The number of amides is 1. The molecule has 1 amide bonds. The summed E-state index contributed by atoms with van der Waals surface area (Å²) in [6, 6.07) is 14.8. The van der Waals surface area contributed by atoms with Crippen LogP contribution >= 0.6 is 0 Å². The molecule has 0 saturated carbocycles. The minimum atomic E-state index is -1.10. The van der Waals surface area contributed by atoms with Crippen molar-refractivity contribution < 1.29 is 18.9 Å². The van der Waals surface area contributed by atoms with E-state index in [2.05, 4.69) is 5.32 Å². The van der Waals surface area contributed by atoms with Gasteiger partial charge < -0.3 is 10.4 Å². The second-order valence-corrected chi connectivity index (χ2v) is 8.29. The molecular weight excluding hydrogens is 350 g/mol. The first-order valence-corrected chi connectivity index (χ1v) is 10.1. The molecule has 1 atom stereocenters. The molecule has 1 aliphatic carbocycles. The Morgan fingerprint density at radius 3 is 2.35 bits per heavy atom. The normalized spacial score (nSPS) is 15.9. The maximum atomic E-state index is 12.5. The molecule has 136 valence electrons. The van der Waals surface area contributed by atoms with E-state index in [1.807, 2.05) is 30.3 Å². The van der Waals surface area contributed by atoms with E-state index in [4.69, 9.17) is 0 Å². The van der Waals surface area contributed by atoms with Crippen molar-refractivity contribution in [3.05, 3.63) is 65.2 Å². The zero-order valence-electron chi connectivity index (χ0n) is 14.5. The molecule has 0 spiro atoms. The van der Waals surface area contributed by atoms with Crippen LogP contribution in [0.4, 0.5) is 5.69 Å². The summed E-state index contributed by atoms with van der Waals surface area (Å²) in [5, 5.41) is 12.6. The van der Waals surface area contributed by atoms with Crippen molar-refractivity contribution in [1.82, 2.24) is 0 Å². The first-order valence-electron chi connectivity index (χ1n) is 8.37. The standard InChI is InChI=1S/C20H21NO4S/c1-26(25)13-14-5-4-8-17(9-14)21-18(22)12-20(19(23)24)10-15-6-2-3-7-16(15)11-20/h2-9H,10-13H2,1H3,(H,21,22)(H,23,24). The van der Waals surface area contributed by atoms with Crippen molar-refractivity contribution in [1.29, 1.82) is 0 Å². The van der Waals surface area contributed by atoms with Gasteiger partial charge in [0.1, 0.15) is 0 Å². The summed E-state index contributed by atoms with van der Waals surface area (Å²) in [4.78, 5) is 24.5. The average molecular weight is 371 g/mol. The summed E-state index contributed by atoms with van der Waals surface area (Å²) >= 11 is 0. The van der Waals surface area contributed by atoms with Crippen molar-refractivity contribution in [2.24, 2.45) is 5.41 Å². The van der Waals surface area contributed by atoms with Crippen molar-refractivity contribution in [2.45, 2.75) is 25.0 Å². The Bertz CT molecular complexity index is 853. The molecule has 0 fully saturated rings. The number of hydrogen-bond donors (Lipinski definition) is 2. The molecule has 1 unspecified atom stereocenters. The Kier molecular flexibility index (Phi) is 5.23. The Morgan fingerprint density at radius 2 is 1.77 bits per heavy atom. The summed E-state index contributed by atoms with van der Waals surface area (Å²) in [5.41, 5.74) is 2.35. The Labute approximate surface area is 154 Å². The van der Waals surface area contributed by atoms with Gasteiger partial charge in [-0.2, -0.15) is 0 Å². The van der Waals surface area contributed by atoms with E-state index < -0.39 is 22.2 Å². The predicted molar refractivity (Wildman–Crippen MR) is 101 cm³/mol. The first-order chi connectivity index (χ1) is 12.4. The number of carboxylic acids is 1. The van der Waals surface area contributed by atoms with Crippen LogP contribution in [0.1, 0.15) is 23.1 Å². The van der Waals surface area contributed by atoms with Crippen molar-refractivity contribution >= 4 is 28.4 Å². The minimum Gasteiger partial charge on any atom is -0.481 e. The smallest absolute Gasteiger partial charge is 0.310 e. The van der Waals surface area contributed by atoms with Gasteiger partial charge in [0.15, 0.2) is 0 Å². The highest BCUT2D eigenvalue weighted by molar-refractivity contribution is 7.83. The number of nitrogens with one attached hydrogen (secondary N) is 1. The van der Waals surface area contributed by atoms with Gasteiger partial charge in [0.05, 0.1) is 5.41 Å². The van der Waals surface area contributed by atoms with Crippen molar-refractivity contribution in [3.63, 3.8) is 0 Å². The fourth-order valence-electron chi connectivity index (χ4n) is 3.53. The highest BCUT2D eigenvalue weighted by Crippen LogP contribution is 2.40. The Balaban J connectivity index is 1.73. The third-order valence-electron chi connectivity index (χ3n) is 4.71. The van der Waals surface area contributed by atoms with Crippen LogP contribution < -0.4 is 5.32 Å². The molecule has 0 bridgehead atoms. The lowest BCUT2D eigenvalue weighted by Gasteiger charge is -2.23. The number of rotatable bonds is 6. The summed E-state index contributed by atoms with van der Waals surface area (Å²) < 4.78 is 11.4. The van der Waals surface area contributed by atoms with Crippen LogP contribution in [0.2, 0.25) is 0 Å². The monoisotopic (exact) mass is 371 g/mol. The van der Waals surface area contributed by atoms with Gasteiger partial charge in [0.2, 0.25) is 5.91 Å². The second kappa shape index (κ2) is 7.41. The molecule has 0 aromatic heterocycles. The van der Waals surface area contributed by atoms with E-state index in [1.54, 1.807) is 24.5 Å². The van der Waals surface area contributed by atoms with Crippen LogP contribution in [0, 0.1) is 5.41 Å². The molecule has 1 aliphatic rings. The lowest BCUT2D eigenvalue weighted by molar-refractivity contribution is -0.150. The SMILES string of the molecule is CS(=O)Cc1cccc(NC(=O)CC2(C(=O)O)Cc3ccccc3C2)c1. The van der Waals surface area contributed by atoms with Crippen LogP contribution in [0.3, 0.4) is 0 Å². The molecule has 2 aromatic rings. The van der Waals surface area contributed by atoms with Gasteiger partial charge in [-0.1, -0.05) is 36.4 Å². The maximum Gasteiger partial charge on any atom is 0.310 e. The molecule has 0 saturated heterocycles. The molecule has 5 nitrogen and oxygen atoms in total. The van der Waals surface area contributed by atoms with Crippen molar-refractivity contribution in [2.75, 3.05) is 11.6 Å². The van der Waals surface area contributed by atoms with Gasteiger partial charge >= 0.3 is 5.97 Å². The number of carbonyl (C=O) groups excluding carboxylic acids is 1. The number of carboxylic acid groups (broad SMARTS) is 1. The topological polar surface area (TPSA) is 83.5 Å². The summed E-state index contributed by atoms with van der Waals surface area (Å²) in [6.07, 6.45) is 2.27. The van der Waals surface area contributed by atoms with Gasteiger partial charge in [-0.3, -0.25) is 13.8 Å². The fourth-order valence-corrected chi connectivity index (χ4v) is 4.18. The quantitative estimate of drug-likeness (QED) is 0.818. The number of fused-ring (bicyclic) bond motifs is 1. The molecule has 2 N–H and O–H groups in total. The number of aliphatic carboxylic acids is 1. The van der Waals surface area contributed by atoms with Crippen molar-refractivity contribution in [3.8, 4) is 0 Å². The Morgan fingerprint density at radius 1 is 1.12 bits per heavy atom. The number of benzene rings is 2. The number of anilines is 1. The van der Waals surface area contributed by atoms with Gasteiger partial charge in [-0.05, 0) is 41.7 Å². The molecule has 0 heterocycles. The molecule has 3 rings (SSSR count). The van der Waals surface area contributed by atoms with E-state index in [-0.39, 0.29) is 12.3 Å². The zero-order valence-corrected chi connectivity index (χ0v) is 15.3. The van der Waals surface area contributed by atoms with E-state index >= 15 is 0 Å². The zero-order chi connectivity index (χ0) is 18.7. The third kappa shape index (κ3) is 4.02. The molecule has 0 aliphatic heterocycles. The fraction of sp³-hybridized carbons (Fsp3) is 0.300. The maximum absolute atomic E-state index is 12.5. The van der Waals surface area contributed by atoms with Gasteiger partial charge in [-0.15, -0.1) is 0 Å². The average Bonchev–Trinajstić information content (AvgIpc) is 2.93. The molecular formula is C20H21NO4S. The van der Waals surface area contributed by atoms with Crippen LogP contribution in [-0.2, 0) is 39.0 Å². The number of carbonyl (C=O) groups is 2. The molecule has 2 aromatic carbocycles. The summed E-state index contributed by atoms with van der Waals surface area (Å²) in [6.45, 7) is 0. The van der Waals surface area contributed by atoms with E-state index in [0.29, 0.717) is 24.3 Å². The Hall–Kier alpha value is -2.47. The van der Waals surface area contributed by atoms with E-state index in [1.165, 1.54) is 0 Å². The van der Waals surface area contributed by atoms with Crippen LogP contribution in [-0.4, -0.2) is 27.4 Å². The molecule has 0 radical (unpaired) electrons. The highest BCUT2D eigenvalue weighted by Gasteiger charge is 2.45. The van der Waals surface area contributed by atoms with E-state index in [0.717, 1.165) is 16.7 Å². The number of hydrogen-bond acceptors (Lipinski definition) is 3. The van der Waals surface area contributed by atoms with Gasteiger partial charge in [0, 0.05) is 34.9 Å². The van der Waals surface area contributed by atoms with Crippen LogP contribution in [0.15, 0.2) is 48.5 Å². The minimum absolute atomic E-state index is 0.0824. The molecule has 6 heteroatoms. The largest absolute Gasteiger partial charge is 0.481 e. The van der Waals surface area contributed by atoms with Crippen LogP contribution in [0.25, 0.3) is 0 Å². The highest BCUT2D eigenvalue weighted by atomic mass is 32.2. The predicted octanol–water partition coefficient (Wildman–Crippen LogP) is 2.76. The summed E-state index contributed by atoms with van der Waals surface area (Å²) in [5.74, 6) is -0.855. The summed E-state index contributed by atoms with van der Waals surface area (Å²) in [7, 11) is -0.967. The first kappa shape index (κ1) is 18.3. The third-order valence-corrected chi connectivity index (χ3v) is 5.45. The van der Waals surface area contributed by atoms with Gasteiger partial charge in [-0.25, -0.2) is 0 Å². The second-order valence-electron chi connectivity index (χ2n) is 6.85. The van der Waals surface area contributed by atoms with Gasteiger partial charge in [0.25, 0.3) is 0 Å². The lowest BCUT2D eigenvalue weighted by Crippen LogP contribution is -2.36. The van der Waals surface area contributed by atoms with E-state index in [9.17, 15) is 18.9 Å². The molecule has 26 heavy (non-hydrogen) atoms. The van der Waals surface area contributed by atoms with Crippen LogP contribution in [0.5, 0.6) is 0 Å². The lowest BCUT2D eigenvalue weighted by atomic mass is 9.81.